The number of hydrogen-bond acceptors (Lipinski definition) is 2. The van der Waals surface area contributed by atoms with Gasteiger partial charge in [-0.25, -0.2) is 0 Å². The van der Waals surface area contributed by atoms with Crippen molar-refractivity contribution in [2.45, 2.75) is 11.8 Å². The van der Waals surface area contributed by atoms with E-state index in [0.29, 0.717) is 0 Å². The van der Waals surface area contributed by atoms with Gasteiger partial charge in [0, 0.05) is 18.2 Å². The zero-order valence-electron chi connectivity index (χ0n) is 7.66. The molecular weight excluding hydrogens is 178 g/mol. The van der Waals surface area contributed by atoms with Crippen molar-refractivity contribution in [1.29, 1.82) is 0 Å². The van der Waals surface area contributed by atoms with Crippen molar-refractivity contribution in [1.82, 2.24) is 0 Å². The molecule has 1 fully saturated rings. The summed E-state index contributed by atoms with van der Waals surface area (Å²) in [6, 6.07) is 7.74. The van der Waals surface area contributed by atoms with Crippen LogP contribution in [0.2, 0.25) is 0 Å². The first kappa shape index (κ1) is 8.00. The Hall–Kier alpha value is -1.35. The molecule has 1 aromatic carbocycles. The number of rotatable bonds is 1. The number of nitrogens with one attached hydrogen (secondary N) is 1. The third-order valence-corrected chi connectivity index (χ3v) is 3.39. The molecule has 0 bridgehead atoms. The van der Waals surface area contributed by atoms with Gasteiger partial charge in [-0.1, -0.05) is 18.2 Å². The summed E-state index contributed by atoms with van der Waals surface area (Å²) in [6.45, 7) is 0.0990. The van der Waals surface area contributed by atoms with Gasteiger partial charge in [0.1, 0.15) is 0 Å². The summed E-state index contributed by atoms with van der Waals surface area (Å²) < 4.78 is 0. The van der Waals surface area contributed by atoms with Gasteiger partial charge >= 0.3 is 0 Å². The van der Waals surface area contributed by atoms with Crippen molar-refractivity contribution in [3.05, 3.63) is 29.8 Å². The van der Waals surface area contributed by atoms with E-state index in [4.69, 9.17) is 5.11 Å². The number of anilines is 1. The van der Waals surface area contributed by atoms with E-state index >= 15 is 0 Å². The van der Waals surface area contributed by atoms with Crippen LogP contribution in [0.15, 0.2) is 24.3 Å². The molecule has 72 valence electrons. The van der Waals surface area contributed by atoms with E-state index in [9.17, 15) is 4.79 Å². The third-order valence-electron chi connectivity index (χ3n) is 3.39. The molecule has 3 rings (SSSR count). The van der Waals surface area contributed by atoms with Crippen molar-refractivity contribution >= 4 is 11.6 Å². The molecule has 3 heteroatoms. The fourth-order valence-corrected chi connectivity index (χ4v) is 2.50. The molecular formula is C11H11NO2. The Balaban J connectivity index is 2.13. The van der Waals surface area contributed by atoms with E-state index in [0.717, 1.165) is 17.7 Å². The maximum Gasteiger partial charge on any atom is 0.235 e. The SMILES string of the molecule is O=C1Nc2ccccc2[C@@]12C[C@H]2CO. The summed E-state index contributed by atoms with van der Waals surface area (Å²) in [7, 11) is 0. The lowest BCUT2D eigenvalue weighted by Gasteiger charge is -2.05. The Kier molecular flexibility index (Phi) is 1.35. The van der Waals surface area contributed by atoms with Gasteiger partial charge in [-0.2, -0.15) is 0 Å². The Morgan fingerprint density at radius 1 is 1.50 bits per heavy atom. The molecule has 1 saturated carbocycles. The lowest BCUT2D eigenvalue weighted by molar-refractivity contribution is -0.118. The Bertz CT molecular complexity index is 416. The van der Waals surface area contributed by atoms with Crippen molar-refractivity contribution in [2.75, 3.05) is 11.9 Å². The Morgan fingerprint density at radius 2 is 2.29 bits per heavy atom. The van der Waals surface area contributed by atoms with Crippen LogP contribution in [0.4, 0.5) is 5.69 Å². The third kappa shape index (κ3) is 0.738. The molecule has 3 nitrogen and oxygen atoms in total. The minimum Gasteiger partial charge on any atom is -0.396 e. The zero-order chi connectivity index (χ0) is 9.76. The predicted octanol–water partition coefficient (Wildman–Crippen LogP) is 0.889. The summed E-state index contributed by atoms with van der Waals surface area (Å²) in [4.78, 5) is 11.8. The average Bonchev–Trinajstić information content (AvgIpc) is 2.87. The van der Waals surface area contributed by atoms with Gasteiger partial charge < -0.3 is 10.4 Å². The first-order valence-electron chi connectivity index (χ1n) is 4.81. The molecule has 1 heterocycles. The number of aliphatic hydroxyl groups is 1. The summed E-state index contributed by atoms with van der Waals surface area (Å²) in [5, 5.41) is 12.0. The highest BCUT2D eigenvalue weighted by molar-refractivity contribution is 6.08. The largest absolute Gasteiger partial charge is 0.396 e. The van der Waals surface area contributed by atoms with E-state index in [1.54, 1.807) is 0 Å². The lowest BCUT2D eigenvalue weighted by atomic mass is 9.95. The smallest absolute Gasteiger partial charge is 0.235 e. The fraction of sp³-hybridized carbons (Fsp3) is 0.364. The quantitative estimate of drug-likeness (QED) is 0.689. The number of benzene rings is 1. The number of para-hydroxylation sites is 1. The van der Waals surface area contributed by atoms with Crippen LogP contribution in [0, 0.1) is 5.92 Å². The molecule has 0 unspecified atom stereocenters. The van der Waals surface area contributed by atoms with Gasteiger partial charge in [0.25, 0.3) is 0 Å². The van der Waals surface area contributed by atoms with Crippen LogP contribution >= 0.6 is 0 Å². The molecule has 1 amide bonds. The predicted molar refractivity (Wildman–Crippen MR) is 51.9 cm³/mol. The second-order valence-corrected chi connectivity index (χ2v) is 4.05. The van der Waals surface area contributed by atoms with Gasteiger partial charge in [0.05, 0.1) is 5.41 Å². The Morgan fingerprint density at radius 3 is 3.00 bits per heavy atom. The summed E-state index contributed by atoms with van der Waals surface area (Å²) >= 11 is 0. The highest BCUT2D eigenvalue weighted by Crippen LogP contribution is 2.59. The monoisotopic (exact) mass is 189 g/mol. The second-order valence-electron chi connectivity index (χ2n) is 4.05. The minimum absolute atomic E-state index is 0.0535. The van der Waals surface area contributed by atoms with E-state index in [1.165, 1.54) is 0 Å². The Labute approximate surface area is 81.8 Å². The van der Waals surface area contributed by atoms with Crippen LogP contribution in [0.25, 0.3) is 0 Å². The number of aliphatic hydroxyl groups excluding tert-OH is 1. The van der Waals surface area contributed by atoms with E-state index in [-0.39, 0.29) is 18.4 Å². The van der Waals surface area contributed by atoms with Crippen LogP contribution in [-0.4, -0.2) is 17.6 Å². The van der Waals surface area contributed by atoms with Crippen molar-refractivity contribution in [2.24, 2.45) is 5.92 Å². The second kappa shape index (κ2) is 2.36. The minimum atomic E-state index is -0.397. The van der Waals surface area contributed by atoms with Gasteiger partial charge in [0.15, 0.2) is 0 Å². The van der Waals surface area contributed by atoms with Crippen molar-refractivity contribution < 1.29 is 9.90 Å². The average molecular weight is 189 g/mol. The molecule has 14 heavy (non-hydrogen) atoms. The van der Waals surface area contributed by atoms with Gasteiger partial charge in [-0.15, -0.1) is 0 Å². The van der Waals surface area contributed by atoms with Gasteiger partial charge in [0.2, 0.25) is 5.91 Å². The fourth-order valence-electron chi connectivity index (χ4n) is 2.50. The van der Waals surface area contributed by atoms with E-state index in [2.05, 4.69) is 5.32 Å². The normalized spacial score (nSPS) is 32.9. The van der Waals surface area contributed by atoms with Crippen LogP contribution in [0.5, 0.6) is 0 Å². The zero-order valence-corrected chi connectivity index (χ0v) is 7.66. The van der Waals surface area contributed by atoms with Crippen LogP contribution in [0.3, 0.4) is 0 Å². The number of amides is 1. The maximum atomic E-state index is 11.8. The molecule has 0 saturated heterocycles. The van der Waals surface area contributed by atoms with Crippen molar-refractivity contribution in [3.8, 4) is 0 Å². The van der Waals surface area contributed by atoms with Gasteiger partial charge in [-0.3, -0.25) is 4.79 Å². The maximum absolute atomic E-state index is 11.8. The molecule has 2 N–H and O–H groups in total. The molecule has 2 atom stereocenters. The highest BCUT2D eigenvalue weighted by Gasteiger charge is 2.64. The number of carbonyl (C=O) groups is 1. The van der Waals surface area contributed by atoms with Crippen LogP contribution in [-0.2, 0) is 10.2 Å². The summed E-state index contributed by atoms with van der Waals surface area (Å²) in [5.74, 6) is 0.170. The molecule has 2 aliphatic rings. The summed E-state index contributed by atoms with van der Waals surface area (Å²) in [6.07, 6.45) is 0.784. The van der Waals surface area contributed by atoms with Crippen LogP contribution < -0.4 is 5.32 Å². The first-order valence-corrected chi connectivity index (χ1v) is 4.81. The molecule has 0 radical (unpaired) electrons. The molecule has 1 aliphatic heterocycles. The molecule has 1 aliphatic carbocycles. The van der Waals surface area contributed by atoms with Crippen molar-refractivity contribution in [3.63, 3.8) is 0 Å². The first-order chi connectivity index (χ1) is 6.79. The topological polar surface area (TPSA) is 49.3 Å². The number of carbonyl (C=O) groups excluding carboxylic acids is 1. The molecule has 0 aromatic heterocycles. The summed E-state index contributed by atoms with van der Waals surface area (Å²) in [5.41, 5.74) is 1.57. The molecule has 1 aromatic rings. The number of fused-ring (bicyclic) bond motifs is 2. The highest BCUT2D eigenvalue weighted by atomic mass is 16.3. The van der Waals surface area contributed by atoms with E-state index < -0.39 is 5.41 Å². The lowest BCUT2D eigenvalue weighted by Crippen LogP contribution is -2.22. The molecule has 1 spiro atoms. The standard InChI is InChI=1S/C11H11NO2/c13-6-7-5-11(7)8-3-1-2-4-9(8)12-10(11)14/h1-4,7,13H,5-6H2,(H,12,14)/t7-,11-/m0/s1. The van der Waals surface area contributed by atoms with E-state index in [1.807, 2.05) is 24.3 Å². The van der Waals surface area contributed by atoms with Gasteiger partial charge in [-0.05, 0) is 18.1 Å². The number of hydrogen-bond donors (Lipinski definition) is 2. The van der Waals surface area contributed by atoms with Crippen LogP contribution in [0.1, 0.15) is 12.0 Å².